The predicted molar refractivity (Wildman–Crippen MR) is 71.6 cm³/mol. The number of nitrogens with one attached hydrogen (secondary N) is 2. The Hall–Kier alpha value is -0.750. The van der Waals surface area contributed by atoms with Gasteiger partial charge in [0, 0.05) is 17.8 Å². The van der Waals surface area contributed by atoms with Gasteiger partial charge in [-0.1, -0.05) is 25.6 Å². The van der Waals surface area contributed by atoms with Crippen molar-refractivity contribution >= 4 is 11.8 Å². The molecule has 5 nitrogen and oxygen atoms in total. The van der Waals surface area contributed by atoms with E-state index in [0.29, 0.717) is 17.8 Å². The zero-order valence-electron chi connectivity index (χ0n) is 11.0. The molecular weight excluding hydrogens is 236 g/mol. The summed E-state index contributed by atoms with van der Waals surface area (Å²) in [6.45, 7) is 10.1. The van der Waals surface area contributed by atoms with Gasteiger partial charge in [0.2, 0.25) is 0 Å². The molecule has 1 rings (SSSR count). The summed E-state index contributed by atoms with van der Waals surface area (Å²) in [6, 6.07) is 0.400. The van der Waals surface area contributed by atoms with Gasteiger partial charge in [-0.05, 0) is 26.8 Å². The first-order chi connectivity index (χ1) is 8.10. The molecule has 2 N–H and O–H groups in total. The van der Waals surface area contributed by atoms with Crippen LogP contribution in [0.15, 0.2) is 9.95 Å². The molecule has 0 aromatic carbocycles. The number of hydrogen-bond acceptors (Lipinski definition) is 4. The van der Waals surface area contributed by atoms with Gasteiger partial charge >= 0.3 is 5.69 Å². The molecule has 0 saturated heterocycles. The Labute approximate surface area is 106 Å². The second-order valence-electron chi connectivity index (χ2n) is 4.12. The first kappa shape index (κ1) is 14.3. The maximum atomic E-state index is 11.4. The van der Waals surface area contributed by atoms with Gasteiger partial charge in [-0.2, -0.15) is 0 Å². The number of rotatable bonds is 7. The van der Waals surface area contributed by atoms with Crippen LogP contribution in [0.25, 0.3) is 0 Å². The molecule has 0 fully saturated rings. The van der Waals surface area contributed by atoms with Gasteiger partial charge in [0.05, 0.1) is 0 Å². The lowest BCUT2D eigenvalue weighted by molar-refractivity contribution is 0.540. The molecule has 0 aliphatic carbocycles. The van der Waals surface area contributed by atoms with Crippen molar-refractivity contribution < 1.29 is 0 Å². The quantitative estimate of drug-likeness (QED) is 0.727. The molecule has 98 valence electrons. The van der Waals surface area contributed by atoms with Gasteiger partial charge in [-0.15, -0.1) is 5.10 Å². The number of thioether (sulfide) groups is 1. The summed E-state index contributed by atoms with van der Waals surface area (Å²) in [5.74, 6) is 0. The molecule has 17 heavy (non-hydrogen) atoms. The Morgan fingerprint density at radius 1 is 1.47 bits per heavy atom. The van der Waals surface area contributed by atoms with Crippen LogP contribution in [0.2, 0.25) is 0 Å². The second-order valence-corrected chi connectivity index (χ2v) is 5.47. The van der Waals surface area contributed by atoms with Crippen molar-refractivity contribution in [2.75, 3.05) is 6.54 Å². The number of H-pyrrole nitrogens is 1. The molecule has 1 aromatic rings. The van der Waals surface area contributed by atoms with E-state index in [-0.39, 0.29) is 5.69 Å². The van der Waals surface area contributed by atoms with E-state index in [0.717, 1.165) is 18.1 Å². The van der Waals surface area contributed by atoms with E-state index in [9.17, 15) is 4.79 Å². The fraction of sp³-hybridized carbons (Fsp3) is 0.818. The Balaban J connectivity index is 2.60. The van der Waals surface area contributed by atoms with Crippen molar-refractivity contribution in [3.05, 3.63) is 10.5 Å². The summed E-state index contributed by atoms with van der Waals surface area (Å²) < 4.78 is 1.66. The minimum Gasteiger partial charge on any atom is -0.313 e. The lowest BCUT2D eigenvalue weighted by Gasteiger charge is -2.20. The molecule has 1 aromatic heterocycles. The summed E-state index contributed by atoms with van der Waals surface area (Å²) in [5, 5.41) is 11.1. The lowest BCUT2D eigenvalue weighted by atomic mass is 10.2. The summed E-state index contributed by atoms with van der Waals surface area (Å²) in [5.41, 5.74) is -0.128. The van der Waals surface area contributed by atoms with E-state index >= 15 is 0 Å². The fourth-order valence-electron chi connectivity index (χ4n) is 1.48. The molecule has 0 amide bonds. The summed E-state index contributed by atoms with van der Waals surface area (Å²) >= 11 is 1.63. The van der Waals surface area contributed by atoms with Gasteiger partial charge in [0.1, 0.15) is 0 Å². The minimum absolute atomic E-state index is 0.128. The zero-order valence-corrected chi connectivity index (χ0v) is 11.8. The van der Waals surface area contributed by atoms with Crippen LogP contribution >= 0.6 is 11.8 Å². The number of hydrogen-bond donors (Lipinski definition) is 2. The standard InChI is InChI=1S/C11H22N4OS/c1-5-7-12-8(3)9(4)17-11-14-13-10(16)15(11)6-2/h8-9,12H,5-7H2,1-4H3,(H,13,16). The van der Waals surface area contributed by atoms with E-state index in [4.69, 9.17) is 0 Å². The molecule has 0 bridgehead atoms. The smallest absolute Gasteiger partial charge is 0.313 e. The lowest BCUT2D eigenvalue weighted by Crippen LogP contribution is -2.34. The number of nitrogens with zero attached hydrogens (tertiary/aromatic N) is 2. The summed E-state index contributed by atoms with van der Waals surface area (Å²) in [7, 11) is 0. The molecule has 2 atom stereocenters. The van der Waals surface area contributed by atoms with Gasteiger partial charge < -0.3 is 5.32 Å². The predicted octanol–water partition coefficient (Wildman–Crippen LogP) is 1.46. The number of aromatic amines is 1. The summed E-state index contributed by atoms with van der Waals surface area (Å²) in [4.78, 5) is 11.4. The van der Waals surface area contributed by atoms with Crippen molar-refractivity contribution in [2.24, 2.45) is 0 Å². The summed E-state index contributed by atoms with van der Waals surface area (Å²) in [6.07, 6.45) is 1.13. The molecule has 0 aliphatic heterocycles. The zero-order chi connectivity index (χ0) is 12.8. The first-order valence-electron chi connectivity index (χ1n) is 6.15. The molecule has 0 radical (unpaired) electrons. The minimum atomic E-state index is -0.128. The Morgan fingerprint density at radius 2 is 2.18 bits per heavy atom. The van der Waals surface area contributed by atoms with Crippen molar-refractivity contribution in [1.82, 2.24) is 20.1 Å². The monoisotopic (exact) mass is 258 g/mol. The first-order valence-corrected chi connectivity index (χ1v) is 7.03. The Kier molecular flexibility index (Phi) is 5.77. The van der Waals surface area contributed by atoms with E-state index in [2.05, 4.69) is 36.3 Å². The van der Waals surface area contributed by atoms with Crippen molar-refractivity contribution in [3.63, 3.8) is 0 Å². The van der Waals surface area contributed by atoms with Crippen LogP contribution in [0.5, 0.6) is 0 Å². The molecule has 2 unspecified atom stereocenters. The molecule has 0 spiro atoms. The average molecular weight is 258 g/mol. The van der Waals surface area contributed by atoms with Crippen LogP contribution in [0, 0.1) is 0 Å². The third-order valence-electron chi connectivity index (χ3n) is 2.75. The van der Waals surface area contributed by atoms with Gasteiger partial charge in [0.25, 0.3) is 0 Å². The van der Waals surface area contributed by atoms with Crippen molar-refractivity contribution in [1.29, 1.82) is 0 Å². The molecular formula is C11H22N4OS. The van der Waals surface area contributed by atoms with Crippen LogP contribution in [-0.4, -0.2) is 32.6 Å². The highest BCUT2D eigenvalue weighted by Crippen LogP contribution is 2.22. The van der Waals surface area contributed by atoms with Crippen LogP contribution < -0.4 is 11.0 Å². The van der Waals surface area contributed by atoms with Crippen LogP contribution in [-0.2, 0) is 6.54 Å². The SMILES string of the molecule is CCCNC(C)C(C)Sc1n[nH]c(=O)n1CC. The molecule has 6 heteroatoms. The maximum absolute atomic E-state index is 11.4. The van der Waals surface area contributed by atoms with E-state index < -0.39 is 0 Å². The van der Waals surface area contributed by atoms with E-state index in [1.54, 1.807) is 16.3 Å². The highest BCUT2D eigenvalue weighted by atomic mass is 32.2. The van der Waals surface area contributed by atoms with Crippen LogP contribution in [0.4, 0.5) is 0 Å². The normalized spacial score (nSPS) is 14.8. The van der Waals surface area contributed by atoms with Crippen molar-refractivity contribution in [3.8, 4) is 0 Å². The highest BCUT2D eigenvalue weighted by molar-refractivity contribution is 7.99. The largest absolute Gasteiger partial charge is 0.343 e. The topological polar surface area (TPSA) is 62.7 Å². The molecule has 0 saturated carbocycles. The highest BCUT2D eigenvalue weighted by Gasteiger charge is 2.16. The third kappa shape index (κ3) is 3.89. The second kappa shape index (κ2) is 6.86. The third-order valence-corrected chi connectivity index (χ3v) is 4.05. The van der Waals surface area contributed by atoms with Crippen LogP contribution in [0.3, 0.4) is 0 Å². The van der Waals surface area contributed by atoms with E-state index in [1.165, 1.54) is 0 Å². The van der Waals surface area contributed by atoms with Gasteiger partial charge in [-0.25, -0.2) is 9.89 Å². The number of aromatic nitrogens is 3. The van der Waals surface area contributed by atoms with Gasteiger partial charge in [0.15, 0.2) is 5.16 Å². The fourth-order valence-corrected chi connectivity index (χ4v) is 2.55. The van der Waals surface area contributed by atoms with Gasteiger partial charge in [-0.3, -0.25) is 4.57 Å². The Bertz CT molecular complexity index is 387. The van der Waals surface area contributed by atoms with Crippen LogP contribution in [0.1, 0.15) is 34.1 Å². The Morgan fingerprint density at radius 3 is 2.76 bits per heavy atom. The van der Waals surface area contributed by atoms with E-state index in [1.807, 2.05) is 6.92 Å². The maximum Gasteiger partial charge on any atom is 0.343 e. The average Bonchev–Trinajstić information content (AvgIpc) is 2.66. The molecule has 0 aliphatic rings. The van der Waals surface area contributed by atoms with Crippen molar-refractivity contribution in [2.45, 2.75) is 57.1 Å². The molecule has 1 heterocycles.